The molecule has 0 bridgehead atoms. The van der Waals surface area contributed by atoms with Crippen molar-refractivity contribution in [3.8, 4) is 5.75 Å². The second-order valence-corrected chi connectivity index (χ2v) is 5.13. The highest BCUT2D eigenvalue weighted by Crippen LogP contribution is 2.17. The number of hydrogen-bond acceptors (Lipinski definition) is 6. The van der Waals surface area contributed by atoms with Crippen LogP contribution in [0, 0.1) is 0 Å². The largest absolute Gasteiger partial charge is 0.493 e. The molecule has 138 valence electrons. The fourth-order valence-electron chi connectivity index (χ4n) is 2.03. The van der Waals surface area contributed by atoms with Gasteiger partial charge in [-0.2, -0.15) is 0 Å². The average molecular weight is 360 g/mol. The third-order valence-electron chi connectivity index (χ3n) is 3.23. The Balaban J connectivity index is 1.71. The van der Waals surface area contributed by atoms with E-state index in [4.69, 9.17) is 13.9 Å². The molecular formula is C18H20N2O6. The first-order valence-electron chi connectivity index (χ1n) is 8.05. The van der Waals surface area contributed by atoms with E-state index in [1.54, 1.807) is 36.4 Å². The minimum atomic E-state index is -0.722. The molecule has 2 amide bonds. The second kappa shape index (κ2) is 9.87. The Morgan fingerprint density at radius 2 is 1.88 bits per heavy atom. The maximum atomic E-state index is 12.1. The molecule has 0 saturated carbocycles. The van der Waals surface area contributed by atoms with Gasteiger partial charge in [0.05, 0.1) is 25.0 Å². The summed E-state index contributed by atoms with van der Waals surface area (Å²) in [6, 6.07) is 10.1. The van der Waals surface area contributed by atoms with Gasteiger partial charge < -0.3 is 24.5 Å². The Bertz CT molecular complexity index is 742. The number of para-hydroxylation sites is 1. The number of furan rings is 1. The number of hydrogen-bond donors (Lipinski definition) is 2. The SMILES string of the molecule is CCOc1ccccc1C(=O)NCC(=O)OCC(=O)NCc1ccco1. The van der Waals surface area contributed by atoms with Crippen molar-refractivity contribution < 1.29 is 28.3 Å². The van der Waals surface area contributed by atoms with E-state index in [2.05, 4.69) is 10.6 Å². The summed E-state index contributed by atoms with van der Waals surface area (Å²) in [4.78, 5) is 35.4. The lowest BCUT2D eigenvalue weighted by molar-refractivity contribution is -0.147. The van der Waals surface area contributed by atoms with Crippen LogP contribution in [-0.2, 0) is 20.9 Å². The number of rotatable bonds is 9. The summed E-state index contributed by atoms with van der Waals surface area (Å²) in [6.07, 6.45) is 1.49. The third kappa shape index (κ3) is 5.97. The first-order chi connectivity index (χ1) is 12.6. The van der Waals surface area contributed by atoms with Crippen LogP contribution in [0.15, 0.2) is 47.1 Å². The molecule has 0 saturated heterocycles. The molecular weight excluding hydrogens is 340 g/mol. The highest BCUT2D eigenvalue weighted by atomic mass is 16.5. The monoisotopic (exact) mass is 360 g/mol. The first-order valence-corrected chi connectivity index (χ1v) is 8.05. The molecule has 8 heteroatoms. The van der Waals surface area contributed by atoms with Crippen LogP contribution >= 0.6 is 0 Å². The number of benzene rings is 1. The van der Waals surface area contributed by atoms with E-state index < -0.39 is 24.4 Å². The number of amides is 2. The zero-order chi connectivity index (χ0) is 18.8. The standard InChI is InChI=1S/C18H20N2O6/c1-2-24-15-8-4-3-7-14(15)18(23)20-11-17(22)26-12-16(21)19-10-13-6-5-9-25-13/h3-9H,2,10-12H2,1H3,(H,19,21)(H,20,23). The molecule has 2 N–H and O–H groups in total. The van der Waals surface area contributed by atoms with Crippen LogP contribution in [0.2, 0.25) is 0 Å². The van der Waals surface area contributed by atoms with Gasteiger partial charge in [-0.25, -0.2) is 0 Å². The molecule has 0 spiro atoms. The average Bonchev–Trinajstić information content (AvgIpc) is 3.17. The molecule has 0 aliphatic heterocycles. The maximum Gasteiger partial charge on any atom is 0.325 e. The van der Waals surface area contributed by atoms with Crippen molar-refractivity contribution in [2.75, 3.05) is 19.8 Å². The molecule has 1 aromatic carbocycles. The molecule has 0 fully saturated rings. The van der Waals surface area contributed by atoms with Gasteiger partial charge in [-0.05, 0) is 31.2 Å². The van der Waals surface area contributed by atoms with Gasteiger partial charge in [-0.15, -0.1) is 0 Å². The van der Waals surface area contributed by atoms with Crippen LogP contribution in [0.5, 0.6) is 5.75 Å². The predicted molar refractivity (Wildman–Crippen MR) is 91.5 cm³/mol. The highest BCUT2D eigenvalue weighted by molar-refractivity contribution is 5.98. The summed E-state index contributed by atoms with van der Waals surface area (Å²) < 4.78 is 15.2. The van der Waals surface area contributed by atoms with Gasteiger partial charge in [0.2, 0.25) is 0 Å². The molecule has 1 heterocycles. The van der Waals surface area contributed by atoms with Gasteiger partial charge in [0.15, 0.2) is 6.61 Å². The van der Waals surface area contributed by atoms with Crippen molar-refractivity contribution in [2.45, 2.75) is 13.5 Å². The van der Waals surface area contributed by atoms with Crippen LogP contribution in [0.3, 0.4) is 0 Å². The van der Waals surface area contributed by atoms with Crippen molar-refractivity contribution in [3.05, 3.63) is 54.0 Å². The smallest absolute Gasteiger partial charge is 0.325 e. The molecule has 2 rings (SSSR count). The molecule has 2 aromatic rings. The summed E-state index contributed by atoms with van der Waals surface area (Å²) in [6.45, 7) is 1.63. The lowest BCUT2D eigenvalue weighted by Crippen LogP contribution is -2.33. The molecule has 0 atom stereocenters. The molecule has 0 aliphatic rings. The van der Waals surface area contributed by atoms with Crippen LogP contribution in [0.1, 0.15) is 23.0 Å². The fraction of sp³-hybridized carbons (Fsp3) is 0.278. The molecule has 0 unspecified atom stereocenters. The lowest BCUT2D eigenvalue weighted by atomic mass is 10.2. The predicted octanol–water partition coefficient (Wildman–Crippen LogP) is 1.27. The minimum Gasteiger partial charge on any atom is -0.493 e. The summed E-state index contributed by atoms with van der Waals surface area (Å²) >= 11 is 0. The van der Waals surface area contributed by atoms with Gasteiger partial charge in [-0.1, -0.05) is 12.1 Å². The number of esters is 1. The lowest BCUT2D eigenvalue weighted by Gasteiger charge is -2.10. The normalized spacial score (nSPS) is 10.0. The van der Waals surface area contributed by atoms with E-state index in [-0.39, 0.29) is 13.1 Å². The van der Waals surface area contributed by atoms with E-state index in [1.165, 1.54) is 6.26 Å². The third-order valence-corrected chi connectivity index (χ3v) is 3.23. The Kier molecular flexibility index (Phi) is 7.23. The molecule has 1 aromatic heterocycles. The highest BCUT2D eigenvalue weighted by Gasteiger charge is 2.14. The van der Waals surface area contributed by atoms with Crippen molar-refractivity contribution >= 4 is 17.8 Å². The Hall–Kier alpha value is -3.29. The number of carbonyl (C=O) groups excluding carboxylic acids is 3. The van der Waals surface area contributed by atoms with E-state index in [0.29, 0.717) is 23.7 Å². The molecule has 8 nitrogen and oxygen atoms in total. The van der Waals surface area contributed by atoms with E-state index in [0.717, 1.165) is 0 Å². The van der Waals surface area contributed by atoms with Crippen molar-refractivity contribution in [1.29, 1.82) is 0 Å². The van der Waals surface area contributed by atoms with Gasteiger partial charge in [0, 0.05) is 0 Å². The van der Waals surface area contributed by atoms with Gasteiger partial charge >= 0.3 is 5.97 Å². The number of nitrogens with one attached hydrogen (secondary N) is 2. The van der Waals surface area contributed by atoms with Crippen molar-refractivity contribution in [2.24, 2.45) is 0 Å². The fourth-order valence-corrected chi connectivity index (χ4v) is 2.03. The quantitative estimate of drug-likeness (QED) is 0.652. The first kappa shape index (κ1) is 19.0. The minimum absolute atomic E-state index is 0.203. The van der Waals surface area contributed by atoms with Crippen LogP contribution in [0.4, 0.5) is 0 Å². The van der Waals surface area contributed by atoms with E-state index in [9.17, 15) is 14.4 Å². The zero-order valence-electron chi connectivity index (χ0n) is 14.3. The van der Waals surface area contributed by atoms with Gasteiger partial charge in [-0.3, -0.25) is 14.4 Å². The maximum absolute atomic E-state index is 12.1. The van der Waals surface area contributed by atoms with Crippen molar-refractivity contribution in [3.63, 3.8) is 0 Å². The second-order valence-electron chi connectivity index (χ2n) is 5.13. The Morgan fingerprint density at radius 3 is 2.62 bits per heavy atom. The summed E-state index contributed by atoms with van der Waals surface area (Å²) in [5.41, 5.74) is 0.318. The molecule has 0 radical (unpaired) electrons. The van der Waals surface area contributed by atoms with E-state index >= 15 is 0 Å². The molecule has 26 heavy (non-hydrogen) atoms. The Labute approximate surface area is 150 Å². The number of carbonyl (C=O) groups is 3. The van der Waals surface area contributed by atoms with E-state index in [1.807, 2.05) is 6.92 Å². The Morgan fingerprint density at radius 1 is 1.08 bits per heavy atom. The van der Waals surface area contributed by atoms with Crippen LogP contribution in [0.25, 0.3) is 0 Å². The summed E-state index contributed by atoms with van der Waals surface area (Å²) in [5, 5.41) is 4.97. The topological polar surface area (TPSA) is 107 Å². The number of ether oxygens (including phenoxy) is 2. The summed E-state index contributed by atoms with van der Waals surface area (Å²) in [7, 11) is 0. The molecule has 0 aliphatic carbocycles. The van der Waals surface area contributed by atoms with Crippen LogP contribution in [-0.4, -0.2) is 37.5 Å². The zero-order valence-corrected chi connectivity index (χ0v) is 14.3. The van der Waals surface area contributed by atoms with Gasteiger partial charge in [0.1, 0.15) is 18.1 Å². The summed E-state index contributed by atoms with van der Waals surface area (Å²) in [5.74, 6) is -0.639. The van der Waals surface area contributed by atoms with Crippen molar-refractivity contribution in [1.82, 2.24) is 10.6 Å². The van der Waals surface area contributed by atoms with Crippen LogP contribution < -0.4 is 15.4 Å². The van der Waals surface area contributed by atoms with Gasteiger partial charge in [0.25, 0.3) is 11.8 Å².